The van der Waals surface area contributed by atoms with Crippen LogP contribution in [0.4, 0.5) is 0 Å². The van der Waals surface area contributed by atoms with Crippen LogP contribution in [0, 0.1) is 5.92 Å². The Bertz CT molecular complexity index is 221. The van der Waals surface area contributed by atoms with Crippen molar-refractivity contribution < 1.29 is 10.3 Å². The molecule has 0 aromatic rings. The maximum absolute atomic E-state index is 9.35. The van der Waals surface area contributed by atoms with Gasteiger partial charge in [-0.3, -0.25) is 0 Å². The van der Waals surface area contributed by atoms with Crippen LogP contribution in [0.3, 0.4) is 0 Å². The molecule has 0 aromatic carbocycles. The second-order valence-corrected chi connectivity index (χ2v) is 4.44. The lowest BCUT2D eigenvalue weighted by Gasteiger charge is -2.16. The predicted octanol–water partition coefficient (Wildman–Crippen LogP) is 0.262. The summed E-state index contributed by atoms with van der Waals surface area (Å²) in [6.45, 7) is 2.90. The molecular formula is C10H21N3O2. The van der Waals surface area contributed by atoms with Gasteiger partial charge in [0, 0.05) is 12.5 Å². The number of nitrogens with one attached hydrogen (secondary N) is 1. The van der Waals surface area contributed by atoms with E-state index >= 15 is 0 Å². The molecule has 0 heterocycles. The summed E-state index contributed by atoms with van der Waals surface area (Å²) in [7, 11) is 0. The largest absolute Gasteiger partial charge is 0.409 e. The zero-order valence-corrected chi connectivity index (χ0v) is 9.19. The third-order valence-electron chi connectivity index (χ3n) is 2.91. The minimum absolute atomic E-state index is 0.115. The van der Waals surface area contributed by atoms with Gasteiger partial charge in [0.25, 0.3) is 0 Å². The van der Waals surface area contributed by atoms with Crippen LogP contribution in [0.5, 0.6) is 0 Å². The number of amidine groups is 1. The molecule has 1 aliphatic rings. The monoisotopic (exact) mass is 215 g/mol. The summed E-state index contributed by atoms with van der Waals surface area (Å²) in [5.74, 6) is 0.816. The highest BCUT2D eigenvalue weighted by Gasteiger charge is 2.22. The molecule has 88 valence electrons. The minimum Gasteiger partial charge on any atom is -0.409 e. The quantitative estimate of drug-likeness (QED) is 0.229. The van der Waals surface area contributed by atoms with Crippen LogP contribution >= 0.6 is 0 Å². The zero-order chi connectivity index (χ0) is 11.3. The smallest absolute Gasteiger partial charge is 0.140 e. The van der Waals surface area contributed by atoms with E-state index in [-0.39, 0.29) is 18.0 Å². The van der Waals surface area contributed by atoms with Crippen LogP contribution in [0.2, 0.25) is 0 Å². The third kappa shape index (κ3) is 4.48. The molecule has 15 heavy (non-hydrogen) atoms. The van der Waals surface area contributed by atoms with Crippen LogP contribution in [0.1, 0.15) is 32.6 Å². The van der Waals surface area contributed by atoms with E-state index in [1.165, 1.54) is 0 Å². The second kappa shape index (κ2) is 5.92. The number of nitrogens with zero attached hydrogens (tertiary/aromatic N) is 1. The Hall–Kier alpha value is -0.810. The van der Waals surface area contributed by atoms with Crippen LogP contribution in [-0.2, 0) is 0 Å². The van der Waals surface area contributed by atoms with E-state index in [1.807, 2.05) is 6.92 Å². The molecule has 3 unspecified atom stereocenters. The summed E-state index contributed by atoms with van der Waals surface area (Å²) in [5.41, 5.74) is 5.40. The molecule has 0 spiro atoms. The van der Waals surface area contributed by atoms with Gasteiger partial charge in [0.05, 0.1) is 6.10 Å². The van der Waals surface area contributed by atoms with Crippen molar-refractivity contribution >= 4 is 5.84 Å². The Morgan fingerprint density at radius 3 is 2.87 bits per heavy atom. The highest BCUT2D eigenvalue weighted by Crippen LogP contribution is 2.24. The fourth-order valence-electron chi connectivity index (χ4n) is 2.03. The number of hydrogen-bond acceptors (Lipinski definition) is 4. The van der Waals surface area contributed by atoms with Gasteiger partial charge in [0.2, 0.25) is 0 Å². The van der Waals surface area contributed by atoms with E-state index in [0.717, 1.165) is 25.8 Å². The van der Waals surface area contributed by atoms with Crippen molar-refractivity contribution in [3.63, 3.8) is 0 Å². The summed E-state index contributed by atoms with van der Waals surface area (Å²) in [6, 6.07) is 0.207. The van der Waals surface area contributed by atoms with Crippen LogP contribution in [0.15, 0.2) is 5.16 Å². The first-order chi connectivity index (χ1) is 7.11. The summed E-state index contributed by atoms with van der Waals surface area (Å²) in [6.07, 6.45) is 3.33. The molecule has 0 aromatic heterocycles. The van der Waals surface area contributed by atoms with Crippen LogP contribution < -0.4 is 11.1 Å². The van der Waals surface area contributed by atoms with Crippen molar-refractivity contribution in [2.45, 2.75) is 44.8 Å². The Labute approximate surface area is 90.3 Å². The number of aliphatic hydroxyl groups excluding tert-OH is 1. The van der Waals surface area contributed by atoms with E-state index in [9.17, 15) is 5.11 Å². The van der Waals surface area contributed by atoms with E-state index < -0.39 is 0 Å². The summed E-state index contributed by atoms with van der Waals surface area (Å²) in [5, 5.41) is 24.0. The molecule has 3 atom stereocenters. The first-order valence-electron chi connectivity index (χ1n) is 5.49. The average molecular weight is 215 g/mol. The third-order valence-corrected chi connectivity index (χ3v) is 2.91. The van der Waals surface area contributed by atoms with Gasteiger partial charge in [-0.05, 0) is 38.6 Å². The Kier molecular flexibility index (Phi) is 4.84. The van der Waals surface area contributed by atoms with Gasteiger partial charge in [0.15, 0.2) is 0 Å². The van der Waals surface area contributed by atoms with Gasteiger partial charge in [0.1, 0.15) is 5.84 Å². The molecule has 0 bridgehead atoms. The molecule has 0 aliphatic heterocycles. The Morgan fingerprint density at radius 1 is 1.60 bits per heavy atom. The van der Waals surface area contributed by atoms with Gasteiger partial charge >= 0.3 is 0 Å². The molecule has 5 N–H and O–H groups in total. The van der Waals surface area contributed by atoms with Crippen molar-refractivity contribution in [1.29, 1.82) is 0 Å². The fourth-order valence-corrected chi connectivity index (χ4v) is 2.03. The predicted molar refractivity (Wildman–Crippen MR) is 58.8 cm³/mol. The lowest BCUT2D eigenvalue weighted by atomic mass is 10.1. The molecule has 5 nitrogen and oxygen atoms in total. The van der Waals surface area contributed by atoms with E-state index in [0.29, 0.717) is 12.3 Å². The average Bonchev–Trinajstić information content (AvgIpc) is 2.61. The molecular weight excluding hydrogens is 194 g/mol. The molecule has 1 fully saturated rings. The first-order valence-corrected chi connectivity index (χ1v) is 5.49. The maximum atomic E-state index is 9.35. The molecule has 1 saturated carbocycles. The van der Waals surface area contributed by atoms with Crippen LogP contribution in [0.25, 0.3) is 0 Å². The van der Waals surface area contributed by atoms with Crippen molar-refractivity contribution in [1.82, 2.24) is 5.32 Å². The van der Waals surface area contributed by atoms with Gasteiger partial charge in [-0.25, -0.2) is 0 Å². The fraction of sp³-hybridized carbons (Fsp3) is 0.900. The van der Waals surface area contributed by atoms with Crippen molar-refractivity contribution in [3.8, 4) is 0 Å². The molecule has 5 heteroatoms. The summed E-state index contributed by atoms with van der Waals surface area (Å²) < 4.78 is 0. The summed E-state index contributed by atoms with van der Waals surface area (Å²) >= 11 is 0. The minimum atomic E-state index is -0.115. The van der Waals surface area contributed by atoms with E-state index in [4.69, 9.17) is 10.9 Å². The Balaban J connectivity index is 2.14. The normalized spacial score (nSPS) is 29.3. The van der Waals surface area contributed by atoms with Gasteiger partial charge in [-0.2, -0.15) is 0 Å². The SMILES string of the molecule is CC(CC(N)=NO)NCC1CCC(O)C1. The number of aliphatic hydroxyl groups is 1. The number of hydrogen-bond donors (Lipinski definition) is 4. The van der Waals surface area contributed by atoms with E-state index in [2.05, 4.69) is 10.5 Å². The maximum Gasteiger partial charge on any atom is 0.140 e. The van der Waals surface area contributed by atoms with Crippen molar-refractivity contribution in [2.75, 3.05) is 6.54 Å². The van der Waals surface area contributed by atoms with Crippen LogP contribution in [-0.4, -0.2) is 34.8 Å². The van der Waals surface area contributed by atoms with Crippen molar-refractivity contribution in [2.24, 2.45) is 16.8 Å². The second-order valence-electron chi connectivity index (χ2n) is 4.44. The van der Waals surface area contributed by atoms with E-state index in [1.54, 1.807) is 0 Å². The Morgan fingerprint density at radius 2 is 2.33 bits per heavy atom. The topological polar surface area (TPSA) is 90.9 Å². The molecule has 1 rings (SSSR count). The molecule has 0 saturated heterocycles. The number of oxime groups is 1. The zero-order valence-electron chi connectivity index (χ0n) is 9.19. The highest BCUT2D eigenvalue weighted by atomic mass is 16.4. The number of rotatable bonds is 5. The lowest BCUT2D eigenvalue weighted by Crippen LogP contribution is -2.34. The molecule has 0 amide bonds. The van der Waals surface area contributed by atoms with Gasteiger partial charge < -0.3 is 21.4 Å². The number of nitrogens with two attached hydrogens (primary N) is 1. The summed E-state index contributed by atoms with van der Waals surface area (Å²) in [4.78, 5) is 0. The van der Waals surface area contributed by atoms with Gasteiger partial charge in [-0.1, -0.05) is 5.16 Å². The molecule has 1 aliphatic carbocycles. The molecule has 0 radical (unpaired) electrons. The standard InChI is InChI=1S/C10H21N3O2/c1-7(4-10(11)13-15)12-6-8-2-3-9(14)5-8/h7-9,12,14-15H,2-6H2,1H3,(H2,11,13). The first kappa shape index (κ1) is 12.3. The van der Waals surface area contributed by atoms with Gasteiger partial charge in [-0.15, -0.1) is 0 Å². The highest BCUT2D eigenvalue weighted by molar-refractivity contribution is 5.80. The lowest BCUT2D eigenvalue weighted by molar-refractivity contribution is 0.177. The van der Waals surface area contributed by atoms with Crippen molar-refractivity contribution in [3.05, 3.63) is 0 Å².